The van der Waals surface area contributed by atoms with Gasteiger partial charge >= 0.3 is 0 Å². The van der Waals surface area contributed by atoms with E-state index in [9.17, 15) is 4.79 Å². The molecule has 6 heteroatoms. The van der Waals surface area contributed by atoms with Crippen molar-refractivity contribution in [2.75, 3.05) is 0 Å². The molecule has 6 nitrogen and oxygen atoms in total. The van der Waals surface area contributed by atoms with E-state index in [-0.39, 0.29) is 12.2 Å². The second-order valence-corrected chi connectivity index (χ2v) is 3.05. The van der Waals surface area contributed by atoms with Gasteiger partial charge in [-0.3, -0.25) is 15.4 Å². The van der Waals surface area contributed by atoms with Crippen molar-refractivity contribution in [3.63, 3.8) is 0 Å². The van der Waals surface area contributed by atoms with Gasteiger partial charge in [-0.2, -0.15) is 0 Å². The number of piperazine rings is 1. The zero-order valence-electron chi connectivity index (χ0n) is 6.95. The zero-order chi connectivity index (χ0) is 9.30. The van der Waals surface area contributed by atoms with Crippen molar-refractivity contribution < 1.29 is 4.79 Å². The van der Waals surface area contributed by atoms with Gasteiger partial charge in [0.1, 0.15) is 6.04 Å². The Balaban J connectivity index is 2.61. The van der Waals surface area contributed by atoms with Gasteiger partial charge < -0.3 is 17.2 Å². The van der Waals surface area contributed by atoms with Crippen molar-refractivity contribution in [1.29, 1.82) is 0 Å². The maximum absolute atomic E-state index is 10.8. The Morgan fingerprint density at radius 1 is 1.25 bits per heavy atom. The first-order valence-corrected chi connectivity index (χ1v) is 3.85. The van der Waals surface area contributed by atoms with E-state index in [0.29, 0.717) is 0 Å². The lowest BCUT2D eigenvalue weighted by Gasteiger charge is -2.37. The lowest BCUT2D eigenvalue weighted by atomic mass is 10.1. The van der Waals surface area contributed by atoms with E-state index in [1.165, 1.54) is 0 Å². The average molecular weight is 173 g/mol. The number of carbonyl (C=O) groups is 1. The van der Waals surface area contributed by atoms with Crippen molar-refractivity contribution in [2.45, 2.75) is 31.3 Å². The number of hydrogen-bond donors (Lipinski definition) is 5. The molecule has 0 spiro atoms. The third kappa shape index (κ3) is 1.72. The molecule has 0 bridgehead atoms. The number of nitrogens with two attached hydrogens (primary N) is 3. The smallest absolute Gasteiger partial charge is 0.237 e. The van der Waals surface area contributed by atoms with Gasteiger partial charge in [-0.1, -0.05) is 0 Å². The summed E-state index contributed by atoms with van der Waals surface area (Å²) in [6, 6.07) is -0.554. The number of nitrogens with one attached hydrogen (secondary N) is 2. The third-order valence-corrected chi connectivity index (χ3v) is 2.03. The molecule has 70 valence electrons. The molecule has 1 fully saturated rings. The van der Waals surface area contributed by atoms with E-state index < -0.39 is 18.1 Å². The van der Waals surface area contributed by atoms with Gasteiger partial charge in [0, 0.05) is 6.04 Å². The highest BCUT2D eigenvalue weighted by Crippen LogP contribution is 2.00. The number of rotatable bonds is 1. The highest BCUT2D eigenvalue weighted by atomic mass is 16.1. The van der Waals surface area contributed by atoms with Crippen molar-refractivity contribution >= 4 is 5.91 Å². The van der Waals surface area contributed by atoms with Gasteiger partial charge in [0.2, 0.25) is 5.91 Å². The van der Waals surface area contributed by atoms with E-state index in [2.05, 4.69) is 10.6 Å². The van der Waals surface area contributed by atoms with E-state index >= 15 is 0 Å². The van der Waals surface area contributed by atoms with Gasteiger partial charge in [0.05, 0.1) is 12.3 Å². The number of amides is 1. The molecule has 1 heterocycles. The van der Waals surface area contributed by atoms with Crippen LogP contribution in [0.15, 0.2) is 0 Å². The van der Waals surface area contributed by atoms with Gasteiger partial charge in [0.25, 0.3) is 0 Å². The number of hydrogen-bond acceptors (Lipinski definition) is 5. The van der Waals surface area contributed by atoms with Crippen LogP contribution in [-0.2, 0) is 4.79 Å². The fraction of sp³-hybridized carbons (Fsp3) is 0.833. The molecule has 1 aliphatic rings. The van der Waals surface area contributed by atoms with Crippen LogP contribution in [-0.4, -0.2) is 30.3 Å². The van der Waals surface area contributed by atoms with Gasteiger partial charge in [-0.05, 0) is 6.92 Å². The van der Waals surface area contributed by atoms with Crippen LogP contribution in [0.3, 0.4) is 0 Å². The summed E-state index contributed by atoms with van der Waals surface area (Å²) in [5, 5.41) is 5.78. The van der Waals surface area contributed by atoms with E-state index in [1.807, 2.05) is 6.92 Å². The molecule has 0 saturated carbocycles. The van der Waals surface area contributed by atoms with Crippen LogP contribution in [0.1, 0.15) is 6.92 Å². The van der Waals surface area contributed by atoms with Crippen molar-refractivity contribution in [3.8, 4) is 0 Å². The summed E-state index contributed by atoms with van der Waals surface area (Å²) in [7, 11) is 0. The third-order valence-electron chi connectivity index (χ3n) is 2.03. The lowest BCUT2D eigenvalue weighted by Crippen LogP contribution is -2.73. The molecule has 0 aliphatic carbocycles. The zero-order valence-corrected chi connectivity index (χ0v) is 6.95. The number of carbonyl (C=O) groups excluding carboxylic acids is 1. The van der Waals surface area contributed by atoms with Crippen molar-refractivity contribution in [3.05, 3.63) is 0 Å². The number of primary amides is 1. The normalized spacial score (nSPS) is 42.6. The van der Waals surface area contributed by atoms with E-state index in [1.54, 1.807) is 0 Å². The summed E-state index contributed by atoms with van der Waals surface area (Å²) >= 11 is 0. The summed E-state index contributed by atoms with van der Waals surface area (Å²) in [5.74, 6) is -0.464. The van der Waals surface area contributed by atoms with E-state index in [4.69, 9.17) is 17.2 Å². The Bertz CT molecular complexity index is 185. The molecular formula is C6H15N5O. The largest absolute Gasteiger partial charge is 0.368 e. The molecule has 0 aromatic rings. The quantitative estimate of drug-likeness (QED) is 0.289. The SMILES string of the molecule is CC1NC(C(N)=O)C(N)NC1N. The van der Waals surface area contributed by atoms with Crippen LogP contribution >= 0.6 is 0 Å². The standard InChI is InChI=1S/C6H15N5O/c1-2-4(7)11-5(8)3(10-2)6(9)12/h2-5,10-11H,7-8H2,1H3,(H2,9,12). The topological polar surface area (TPSA) is 119 Å². The highest BCUT2D eigenvalue weighted by molar-refractivity contribution is 5.80. The summed E-state index contributed by atoms with van der Waals surface area (Å²) < 4.78 is 0. The van der Waals surface area contributed by atoms with Gasteiger partial charge in [-0.15, -0.1) is 0 Å². The van der Waals surface area contributed by atoms with Gasteiger partial charge in [0.15, 0.2) is 0 Å². The predicted molar refractivity (Wildman–Crippen MR) is 44.7 cm³/mol. The predicted octanol–water partition coefficient (Wildman–Crippen LogP) is -3.01. The molecule has 1 rings (SSSR count). The fourth-order valence-electron chi connectivity index (χ4n) is 1.21. The Morgan fingerprint density at radius 2 is 1.83 bits per heavy atom. The van der Waals surface area contributed by atoms with Crippen LogP contribution in [0.25, 0.3) is 0 Å². The first-order chi connectivity index (χ1) is 5.52. The summed E-state index contributed by atoms with van der Waals surface area (Å²) in [4.78, 5) is 10.8. The summed E-state index contributed by atoms with van der Waals surface area (Å²) in [6.07, 6.45) is -0.746. The van der Waals surface area contributed by atoms with Crippen LogP contribution in [0, 0.1) is 0 Å². The molecule has 4 atom stereocenters. The fourth-order valence-corrected chi connectivity index (χ4v) is 1.21. The molecule has 0 radical (unpaired) electrons. The molecule has 1 amide bonds. The molecule has 1 saturated heterocycles. The maximum Gasteiger partial charge on any atom is 0.237 e. The van der Waals surface area contributed by atoms with E-state index in [0.717, 1.165) is 0 Å². The Morgan fingerprint density at radius 3 is 2.33 bits per heavy atom. The molecule has 0 aromatic carbocycles. The Labute approximate surface area is 70.8 Å². The summed E-state index contributed by atoms with van der Waals surface area (Å²) in [5.41, 5.74) is 16.3. The lowest BCUT2D eigenvalue weighted by molar-refractivity contribution is -0.121. The molecular weight excluding hydrogens is 158 g/mol. The maximum atomic E-state index is 10.8. The van der Waals surface area contributed by atoms with Crippen LogP contribution in [0.4, 0.5) is 0 Å². The minimum atomic E-state index is -0.542. The van der Waals surface area contributed by atoms with Gasteiger partial charge in [-0.25, -0.2) is 0 Å². The molecule has 8 N–H and O–H groups in total. The molecule has 0 aromatic heterocycles. The van der Waals surface area contributed by atoms with Crippen LogP contribution in [0.5, 0.6) is 0 Å². The highest BCUT2D eigenvalue weighted by Gasteiger charge is 2.32. The monoisotopic (exact) mass is 173 g/mol. The van der Waals surface area contributed by atoms with Crippen LogP contribution in [0.2, 0.25) is 0 Å². The Hall–Kier alpha value is -0.690. The van der Waals surface area contributed by atoms with Crippen molar-refractivity contribution in [1.82, 2.24) is 10.6 Å². The first kappa shape index (κ1) is 9.40. The minimum Gasteiger partial charge on any atom is -0.368 e. The second-order valence-electron chi connectivity index (χ2n) is 3.05. The van der Waals surface area contributed by atoms with Crippen LogP contribution < -0.4 is 27.8 Å². The second kappa shape index (κ2) is 3.36. The molecule has 12 heavy (non-hydrogen) atoms. The van der Waals surface area contributed by atoms with Crippen molar-refractivity contribution in [2.24, 2.45) is 17.2 Å². The molecule has 1 aliphatic heterocycles. The minimum absolute atomic E-state index is 0.0118. The average Bonchev–Trinajstić information content (AvgIpc) is 1.96. The first-order valence-electron chi connectivity index (χ1n) is 3.85. The summed E-state index contributed by atoms with van der Waals surface area (Å²) in [6.45, 7) is 1.86. The Kier molecular flexibility index (Phi) is 2.63. The molecule has 4 unspecified atom stereocenters.